The van der Waals surface area contributed by atoms with Crippen LogP contribution in [0, 0.1) is 13.8 Å². The number of hydrogen-bond donors (Lipinski definition) is 1. The van der Waals surface area contributed by atoms with Gasteiger partial charge in [0.15, 0.2) is 6.10 Å². The second-order valence-electron chi connectivity index (χ2n) is 7.67. The van der Waals surface area contributed by atoms with Crippen molar-refractivity contribution in [1.82, 2.24) is 10.2 Å². The van der Waals surface area contributed by atoms with Crippen molar-refractivity contribution < 1.29 is 13.9 Å². The normalized spacial score (nSPS) is 16.7. The molecule has 1 amide bonds. The Morgan fingerprint density at radius 2 is 2.03 bits per heavy atom. The van der Waals surface area contributed by atoms with E-state index in [0.29, 0.717) is 16.9 Å². The molecule has 0 aliphatic carbocycles. The molecule has 1 N–H and O–H groups in total. The van der Waals surface area contributed by atoms with E-state index in [1.54, 1.807) is 19.9 Å². The summed E-state index contributed by atoms with van der Waals surface area (Å²) in [6.45, 7) is 8.54. The van der Waals surface area contributed by atoms with Crippen molar-refractivity contribution in [2.24, 2.45) is 0 Å². The third-order valence-electron chi connectivity index (χ3n) is 5.66. The SMILES string of the molecule is CSCCN1CCC(NC(=O)C(C)Oc2ccc3c(C)c(C)c(=O)oc3c2)CC1. The monoisotopic (exact) mass is 418 g/mol. The van der Waals surface area contributed by atoms with Crippen molar-refractivity contribution in [2.45, 2.75) is 45.8 Å². The molecule has 1 aliphatic rings. The van der Waals surface area contributed by atoms with E-state index < -0.39 is 6.10 Å². The Labute approximate surface area is 176 Å². The van der Waals surface area contributed by atoms with Gasteiger partial charge < -0.3 is 19.4 Å². The van der Waals surface area contributed by atoms with Gasteiger partial charge in [-0.3, -0.25) is 4.79 Å². The average molecular weight is 419 g/mol. The number of hydrogen-bond acceptors (Lipinski definition) is 6. The molecule has 1 aromatic carbocycles. The molecule has 0 radical (unpaired) electrons. The first kappa shape index (κ1) is 21.7. The zero-order valence-corrected chi connectivity index (χ0v) is 18.4. The molecule has 0 saturated carbocycles. The lowest BCUT2D eigenvalue weighted by molar-refractivity contribution is -0.128. The Hall–Kier alpha value is -1.99. The zero-order chi connectivity index (χ0) is 21.0. The number of carbonyl (C=O) groups excluding carboxylic acids is 1. The maximum atomic E-state index is 12.6. The number of nitrogens with one attached hydrogen (secondary N) is 1. The number of likely N-dealkylation sites (tertiary alicyclic amines) is 1. The number of ether oxygens (including phenoxy) is 1. The average Bonchev–Trinajstić information content (AvgIpc) is 2.71. The molecule has 29 heavy (non-hydrogen) atoms. The zero-order valence-electron chi connectivity index (χ0n) is 17.6. The van der Waals surface area contributed by atoms with Crippen LogP contribution in [0.5, 0.6) is 5.75 Å². The molecule has 158 valence electrons. The number of aryl methyl sites for hydroxylation is 1. The van der Waals surface area contributed by atoms with Gasteiger partial charge in [-0.15, -0.1) is 0 Å². The highest BCUT2D eigenvalue weighted by Gasteiger charge is 2.23. The van der Waals surface area contributed by atoms with E-state index in [9.17, 15) is 9.59 Å². The Morgan fingerprint density at radius 1 is 1.31 bits per heavy atom. The minimum atomic E-state index is -0.625. The second-order valence-corrected chi connectivity index (χ2v) is 8.66. The summed E-state index contributed by atoms with van der Waals surface area (Å²) < 4.78 is 11.2. The van der Waals surface area contributed by atoms with Crippen molar-refractivity contribution in [3.8, 4) is 5.75 Å². The number of thioether (sulfide) groups is 1. The smallest absolute Gasteiger partial charge is 0.339 e. The van der Waals surface area contributed by atoms with Crippen LogP contribution >= 0.6 is 11.8 Å². The van der Waals surface area contributed by atoms with Gasteiger partial charge in [-0.1, -0.05) is 0 Å². The summed E-state index contributed by atoms with van der Waals surface area (Å²) in [5.74, 6) is 1.54. The maximum Gasteiger partial charge on any atom is 0.339 e. The lowest BCUT2D eigenvalue weighted by Crippen LogP contribution is -2.48. The van der Waals surface area contributed by atoms with Gasteiger partial charge in [-0.05, 0) is 57.6 Å². The summed E-state index contributed by atoms with van der Waals surface area (Å²) in [4.78, 5) is 26.9. The van der Waals surface area contributed by atoms with Crippen molar-refractivity contribution in [2.75, 3.05) is 31.6 Å². The minimum Gasteiger partial charge on any atom is -0.481 e. The predicted octanol–water partition coefficient (Wildman–Crippen LogP) is 3.12. The van der Waals surface area contributed by atoms with Crippen molar-refractivity contribution >= 4 is 28.6 Å². The molecule has 2 heterocycles. The van der Waals surface area contributed by atoms with Crippen LogP contribution in [0.1, 0.15) is 30.9 Å². The molecule has 1 aromatic heterocycles. The molecule has 0 bridgehead atoms. The molecule has 3 rings (SSSR count). The highest BCUT2D eigenvalue weighted by Crippen LogP contribution is 2.24. The first-order chi connectivity index (χ1) is 13.9. The lowest BCUT2D eigenvalue weighted by atomic mass is 10.0. The summed E-state index contributed by atoms with van der Waals surface area (Å²) in [6, 6.07) is 5.55. The predicted molar refractivity (Wildman–Crippen MR) is 118 cm³/mol. The first-order valence-corrected chi connectivity index (χ1v) is 11.5. The topological polar surface area (TPSA) is 71.8 Å². The van der Waals surface area contributed by atoms with Crippen LogP contribution < -0.4 is 15.7 Å². The standard InChI is InChI=1S/C22H30N2O4S/c1-14-15(2)22(26)28-20-13-18(5-6-19(14)20)27-16(3)21(25)23-17-7-9-24(10-8-17)11-12-29-4/h5-6,13,16-17H,7-12H2,1-4H3,(H,23,25). The van der Waals surface area contributed by atoms with E-state index in [-0.39, 0.29) is 17.6 Å². The molecule has 1 atom stereocenters. The van der Waals surface area contributed by atoms with Crippen molar-refractivity contribution in [1.29, 1.82) is 0 Å². The van der Waals surface area contributed by atoms with Crippen LogP contribution in [-0.2, 0) is 4.79 Å². The molecule has 2 aromatic rings. The third kappa shape index (κ3) is 5.34. The van der Waals surface area contributed by atoms with Crippen molar-refractivity contribution in [3.05, 3.63) is 39.7 Å². The fourth-order valence-corrected chi connectivity index (χ4v) is 4.04. The van der Waals surface area contributed by atoms with Gasteiger partial charge in [-0.2, -0.15) is 11.8 Å². The number of carbonyl (C=O) groups is 1. The van der Waals surface area contributed by atoms with Gasteiger partial charge >= 0.3 is 5.63 Å². The minimum absolute atomic E-state index is 0.116. The third-order valence-corrected chi connectivity index (χ3v) is 6.25. The largest absolute Gasteiger partial charge is 0.481 e. The summed E-state index contributed by atoms with van der Waals surface area (Å²) in [7, 11) is 0. The van der Waals surface area contributed by atoms with E-state index in [0.717, 1.165) is 49.2 Å². The fraction of sp³-hybridized carbons (Fsp3) is 0.545. The number of rotatable bonds is 7. The summed E-state index contributed by atoms with van der Waals surface area (Å²) in [5, 5.41) is 3.98. The highest BCUT2D eigenvalue weighted by atomic mass is 32.2. The quantitative estimate of drug-likeness (QED) is 0.697. The maximum absolute atomic E-state index is 12.6. The van der Waals surface area contributed by atoms with Gasteiger partial charge in [0, 0.05) is 48.4 Å². The van der Waals surface area contributed by atoms with Gasteiger partial charge in [0.05, 0.1) is 0 Å². The number of nitrogens with zero attached hydrogens (tertiary/aromatic N) is 1. The summed E-state index contributed by atoms with van der Waals surface area (Å²) >= 11 is 1.86. The van der Waals surface area contributed by atoms with E-state index in [1.807, 2.05) is 30.8 Å². The number of amides is 1. The molecule has 6 nitrogen and oxygen atoms in total. The number of benzene rings is 1. The van der Waals surface area contributed by atoms with E-state index in [2.05, 4.69) is 16.5 Å². The summed E-state index contributed by atoms with van der Waals surface area (Å²) in [6.07, 6.45) is 3.43. The second kappa shape index (κ2) is 9.67. The Bertz CT molecular complexity index is 919. The fourth-order valence-electron chi connectivity index (χ4n) is 3.60. The van der Waals surface area contributed by atoms with Crippen LogP contribution in [0.25, 0.3) is 11.0 Å². The van der Waals surface area contributed by atoms with Crippen LogP contribution in [-0.4, -0.2) is 54.6 Å². The van der Waals surface area contributed by atoms with E-state index in [4.69, 9.17) is 9.15 Å². The lowest BCUT2D eigenvalue weighted by Gasteiger charge is -2.32. The molecule has 1 saturated heterocycles. The molecular weight excluding hydrogens is 388 g/mol. The molecular formula is C22H30N2O4S. The summed E-state index contributed by atoms with van der Waals surface area (Å²) in [5.41, 5.74) is 1.64. The Kier molecular flexibility index (Phi) is 7.24. The highest BCUT2D eigenvalue weighted by molar-refractivity contribution is 7.98. The number of piperidine rings is 1. The van der Waals surface area contributed by atoms with Crippen LogP contribution in [0.2, 0.25) is 0 Å². The van der Waals surface area contributed by atoms with Gasteiger partial charge in [0.25, 0.3) is 5.91 Å². The number of fused-ring (bicyclic) bond motifs is 1. The Balaban J connectivity index is 1.57. The van der Waals surface area contributed by atoms with E-state index >= 15 is 0 Å². The molecule has 1 unspecified atom stereocenters. The molecule has 0 spiro atoms. The van der Waals surface area contributed by atoms with Crippen LogP contribution in [0.15, 0.2) is 27.4 Å². The molecule has 7 heteroatoms. The van der Waals surface area contributed by atoms with E-state index in [1.165, 1.54) is 0 Å². The molecule has 1 aliphatic heterocycles. The molecule has 1 fully saturated rings. The Morgan fingerprint density at radius 3 is 2.72 bits per heavy atom. The van der Waals surface area contributed by atoms with Gasteiger partial charge in [0.2, 0.25) is 0 Å². The van der Waals surface area contributed by atoms with Crippen LogP contribution in [0.3, 0.4) is 0 Å². The van der Waals surface area contributed by atoms with Crippen LogP contribution in [0.4, 0.5) is 0 Å². The van der Waals surface area contributed by atoms with Gasteiger partial charge in [-0.25, -0.2) is 4.79 Å². The van der Waals surface area contributed by atoms with Gasteiger partial charge in [0.1, 0.15) is 11.3 Å². The van der Waals surface area contributed by atoms with Crippen molar-refractivity contribution in [3.63, 3.8) is 0 Å². The first-order valence-electron chi connectivity index (χ1n) is 10.1.